The van der Waals surface area contributed by atoms with E-state index in [1.165, 1.54) is 0 Å². The van der Waals surface area contributed by atoms with Crippen LogP contribution in [0, 0.1) is 0 Å². The highest BCUT2D eigenvalue weighted by Gasteiger charge is 2.27. The third-order valence-corrected chi connectivity index (χ3v) is 3.55. The van der Waals surface area contributed by atoms with Gasteiger partial charge in [0.25, 0.3) is 0 Å². The number of nitrogens with one attached hydrogen (secondary N) is 1. The van der Waals surface area contributed by atoms with Gasteiger partial charge in [0.05, 0.1) is 24.8 Å². The summed E-state index contributed by atoms with van der Waals surface area (Å²) in [6, 6.07) is 16.5. The van der Waals surface area contributed by atoms with Crippen molar-refractivity contribution in [2.45, 2.75) is 18.5 Å². The molecular formula is C17H21NO3. The maximum absolute atomic E-state index is 9.51. The Kier molecular flexibility index (Phi) is 4.96. The van der Waals surface area contributed by atoms with E-state index in [0.29, 0.717) is 0 Å². The van der Waals surface area contributed by atoms with Crippen molar-refractivity contribution in [3.63, 3.8) is 0 Å². The van der Waals surface area contributed by atoms with Gasteiger partial charge in [-0.05, 0) is 30.2 Å². The first kappa shape index (κ1) is 15.5. The quantitative estimate of drug-likeness (QED) is 0.654. The fourth-order valence-corrected chi connectivity index (χ4v) is 2.16. The first-order chi connectivity index (χ1) is 10.1. The van der Waals surface area contributed by atoms with Gasteiger partial charge in [0, 0.05) is 0 Å². The summed E-state index contributed by atoms with van der Waals surface area (Å²) in [5, 5.41) is 31.8. The number of phenolic OH excluding ortho intramolecular Hbond substituents is 1. The molecule has 0 saturated heterocycles. The standard InChI is InChI=1S/C17H21NO3/c1-17(11-19,12-20)18-16(13-5-3-2-4-6-13)14-7-9-15(21)10-8-14/h2-10,16,18-21H,11-12H2,1H3. The lowest BCUT2D eigenvalue weighted by Gasteiger charge is -2.32. The Labute approximate surface area is 124 Å². The Hall–Kier alpha value is -1.88. The molecule has 0 saturated carbocycles. The van der Waals surface area contributed by atoms with E-state index >= 15 is 0 Å². The van der Waals surface area contributed by atoms with Crippen LogP contribution in [0.4, 0.5) is 0 Å². The second kappa shape index (κ2) is 6.72. The van der Waals surface area contributed by atoms with E-state index in [0.717, 1.165) is 11.1 Å². The summed E-state index contributed by atoms with van der Waals surface area (Å²) in [4.78, 5) is 0. The maximum atomic E-state index is 9.51. The molecule has 0 fully saturated rings. The summed E-state index contributed by atoms with van der Waals surface area (Å²) < 4.78 is 0. The van der Waals surface area contributed by atoms with Gasteiger partial charge in [-0.25, -0.2) is 0 Å². The van der Waals surface area contributed by atoms with Crippen molar-refractivity contribution in [1.29, 1.82) is 0 Å². The first-order valence-corrected chi connectivity index (χ1v) is 6.91. The molecule has 0 aliphatic rings. The van der Waals surface area contributed by atoms with Crippen LogP contribution in [0.5, 0.6) is 5.75 Å². The largest absolute Gasteiger partial charge is 0.508 e. The molecule has 1 unspecified atom stereocenters. The second-order valence-electron chi connectivity index (χ2n) is 5.46. The zero-order valence-corrected chi connectivity index (χ0v) is 12.0. The third kappa shape index (κ3) is 3.82. The van der Waals surface area contributed by atoms with Crippen molar-refractivity contribution < 1.29 is 15.3 Å². The van der Waals surface area contributed by atoms with Gasteiger partial charge in [0.15, 0.2) is 0 Å². The van der Waals surface area contributed by atoms with Gasteiger partial charge in [0.1, 0.15) is 5.75 Å². The summed E-state index contributed by atoms with van der Waals surface area (Å²) in [6.07, 6.45) is 0. The minimum atomic E-state index is -0.793. The van der Waals surface area contributed by atoms with Crippen molar-refractivity contribution in [2.24, 2.45) is 0 Å². The number of benzene rings is 2. The van der Waals surface area contributed by atoms with Crippen LogP contribution in [-0.2, 0) is 0 Å². The van der Waals surface area contributed by atoms with E-state index in [1.54, 1.807) is 19.1 Å². The molecule has 0 aromatic heterocycles. The number of hydrogen-bond donors (Lipinski definition) is 4. The molecule has 0 aliphatic heterocycles. The topological polar surface area (TPSA) is 72.7 Å². The van der Waals surface area contributed by atoms with Gasteiger partial charge in [-0.2, -0.15) is 0 Å². The molecule has 4 nitrogen and oxygen atoms in total. The van der Waals surface area contributed by atoms with Crippen molar-refractivity contribution in [2.75, 3.05) is 13.2 Å². The van der Waals surface area contributed by atoms with Crippen LogP contribution in [0.15, 0.2) is 54.6 Å². The average Bonchev–Trinajstić information content (AvgIpc) is 2.54. The lowest BCUT2D eigenvalue weighted by Crippen LogP contribution is -2.50. The van der Waals surface area contributed by atoms with E-state index in [9.17, 15) is 15.3 Å². The number of aliphatic hydroxyl groups is 2. The average molecular weight is 287 g/mol. The van der Waals surface area contributed by atoms with Crippen LogP contribution in [-0.4, -0.2) is 34.1 Å². The van der Waals surface area contributed by atoms with Gasteiger partial charge >= 0.3 is 0 Å². The van der Waals surface area contributed by atoms with E-state index in [-0.39, 0.29) is 25.0 Å². The Morgan fingerprint density at radius 1 is 0.905 bits per heavy atom. The van der Waals surface area contributed by atoms with Crippen LogP contribution in [0.1, 0.15) is 24.1 Å². The summed E-state index contributed by atoms with van der Waals surface area (Å²) in [6.45, 7) is 1.42. The number of phenols is 1. The number of rotatable bonds is 6. The molecule has 1 atom stereocenters. The molecule has 0 amide bonds. The minimum Gasteiger partial charge on any atom is -0.508 e. The first-order valence-electron chi connectivity index (χ1n) is 6.91. The molecule has 4 heteroatoms. The zero-order chi connectivity index (χ0) is 15.3. The maximum Gasteiger partial charge on any atom is 0.115 e. The van der Waals surface area contributed by atoms with E-state index in [4.69, 9.17) is 0 Å². The predicted octanol–water partition coefficient (Wildman–Crippen LogP) is 1.81. The molecule has 0 spiro atoms. The number of aromatic hydroxyl groups is 1. The molecule has 0 heterocycles. The molecule has 112 valence electrons. The van der Waals surface area contributed by atoms with E-state index < -0.39 is 5.54 Å². The number of aliphatic hydroxyl groups excluding tert-OH is 2. The Morgan fingerprint density at radius 3 is 1.95 bits per heavy atom. The van der Waals surface area contributed by atoms with Gasteiger partial charge < -0.3 is 15.3 Å². The lowest BCUT2D eigenvalue weighted by atomic mass is 9.94. The van der Waals surface area contributed by atoms with Gasteiger partial charge in [-0.1, -0.05) is 42.5 Å². The van der Waals surface area contributed by atoms with E-state index in [1.807, 2.05) is 42.5 Å². The van der Waals surface area contributed by atoms with Crippen LogP contribution in [0.25, 0.3) is 0 Å². The molecule has 2 rings (SSSR count). The van der Waals surface area contributed by atoms with Crippen LogP contribution >= 0.6 is 0 Å². The fraction of sp³-hybridized carbons (Fsp3) is 0.294. The normalized spacial score (nSPS) is 13.1. The van der Waals surface area contributed by atoms with Gasteiger partial charge in [-0.3, -0.25) is 5.32 Å². The predicted molar refractivity (Wildman–Crippen MR) is 82.1 cm³/mol. The molecule has 2 aromatic rings. The van der Waals surface area contributed by atoms with E-state index in [2.05, 4.69) is 5.32 Å². The molecule has 0 radical (unpaired) electrons. The molecule has 2 aromatic carbocycles. The monoisotopic (exact) mass is 287 g/mol. The fourth-order valence-electron chi connectivity index (χ4n) is 2.16. The molecule has 21 heavy (non-hydrogen) atoms. The van der Waals surface area contributed by atoms with Crippen LogP contribution < -0.4 is 5.32 Å². The molecule has 0 aliphatic carbocycles. The van der Waals surface area contributed by atoms with Gasteiger partial charge in [0.2, 0.25) is 0 Å². The van der Waals surface area contributed by atoms with Crippen molar-refractivity contribution >= 4 is 0 Å². The Morgan fingerprint density at radius 2 is 1.43 bits per heavy atom. The SMILES string of the molecule is CC(CO)(CO)NC(c1ccccc1)c1ccc(O)cc1. The molecular weight excluding hydrogens is 266 g/mol. The highest BCUT2D eigenvalue weighted by atomic mass is 16.3. The lowest BCUT2D eigenvalue weighted by molar-refractivity contribution is 0.0978. The zero-order valence-electron chi connectivity index (χ0n) is 12.0. The van der Waals surface area contributed by atoms with Gasteiger partial charge in [-0.15, -0.1) is 0 Å². The van der Waals surface area contributed by atoms with Crippen LogP contribution in [0.2, 0.25) is 0 Å². The van der Waals surface area contributed by atoms with Crippen molar-refractivity contribution in [1.82, 2.24) is 5.32 Å². The summed E-state index contributed by atoms with van der Waals surface area (Å²) in [7, 11) is 0. The Balaban J connectivity index is 2.37. The van der Waals surface area contributed by atoms with Crippen molar-refractivity contribution in [3.8, 4) is 5.75 Å². The number of hydrogen-bond acceptors (Lipinski definition) is 4. The molecule has 0 bridgehead atoms. The summed E-state index contributed by atoms with van der Waals surface area (Å²) in [5.74, 6) is 0.206. The molecule has 4 N–H and O–H groups in total. The van der Waals surface area contributed by atoms with Crippen LogP contribution in [0.3, 0.4) is 0 Å². The summed E-state index contributed by atoms with van der Waals surface area (Å²) in [5.41, 5.74) is 1.18. The third-order valence-electron chi connectivity index (χ3n) is 3.55. The second-order valence-corrected chi connectivity index (χ2v) is 5.46. The minimum absolute atomic E-state index is 0.176. The highest BCUT2D eigenvalue weighted by molar-refractivity contribution is 5.35. The Bertz CT molecular complexity index is 550. The van der Waals surface area contributed by atoms with Crippen molar-refractivity contribution in [3.05, 3.63) is 65.7 Å². The smallest absolute Gasteiger partial charge is 0.115 e. The summed E-state index contributed by atoms with van der Waals surface area (Å²) >= 11 is 0. The highest BCUT2D eigenvalue weighted by Crippen LogP contribution is 2.26.